The average molecular weight is 333 g/mol. The Labute approximate surface area is 116 Å². The minimum atomic E-state index is -3.38. The van der Waals surface area contributed by atoms with Crippen molar-refractivity contribution in [1.29, 1.82) is 0 Å². The summed E-state index contributed by atoms with van der Waals surface area (Å²) >= 11 is 3.30. The fraction of sp³-hybridized carbons (Fsp3) is 0.500. The van der Waals surface area contributed by atoms with Crippen LogP contribution in [0.1, 0.15) is 13.3 Å². The quantitative estimate of drug-likeness (QED) is 0.918. The minimum Gasteiger partial charge on any atom is -0.328 e. The summed E-state index contributed by atoms with van der Waals surface area (Å²) < 4.78 is 27.1. The Morgan fingerprint density at radius 1 is 1.50 bits per heavy atom. The number of halogens is 1. The van der Waals surface area contributed by atoms with E-state index in [2.05, 4.69) is 15.9 Å². The Morgan fingerprint density at radius 3 is 2.78 bits per heavy atom. The molecule has 0 aromatic heterocycles. The Kier molecular flexibility index (Phi) is 4.11. The van der Waals surface area contributed by atoms with Crippen LogP contribution in [0.5, 0.6) is 0 Å². The molecule has 1 fully saturated rings. The van der Waals surface area contributed by atoms with E-state index in [4.69, 9.17) is 5.73 Å². The van der Waals surface area contributed by atoms with Crippen molar-refractivity contribution in [2.45, 2.75) is 24.3 Å². The third kappa shape index (κ3) is 2.77. The summed E-state index contributed by atoms with van der Waals surface area (Å²) in [6.07, 6.45) is 0.838. The molecule has 0 bridgehead atoms. The largest absolute Gasteiger partial charge is 0.328 e. The van der Waals surface area contributed by atoms with Gasteiger partial charge in [-0.05, 0) is 37.5 Å². The summed E-state index contributed by atoms with van der Waals surface area (Å²) in [5.41, 5.74) is 5.84. The van der Waals surface area contributed by atoms with Crippen molar-refractivity contribution in [3.05, 3.63) is 28.7 Å². The first-order valence-electron chi connectivity index (χ1n) is 5.92. The maximum Gasteiger partial charge on any atom is 0.243 e. The van der Waals surface area contributed by atoms with Crippen LogP contribution >= 0.6 is 15.9 Å². The Hall–Kier alpha value is -0.430. The summed E-state index contributed by atoms with van der Waals surface area (Å²) in [5.74, 6) is 0.256. The number of rotatable bonds is 3. The van der Waals surface area contributed by atoms with E-state index in [1.54, 1.807) is 18.2 Å². The number of nitrogens with zero attached hydrogens (tertiary/aromatic N) is 1. The van der Waals surface area contributed by atoms with E-state index in [9.17, 15) is 8.42 Å². The summed E-state index contributed by atoms with van der Waals surface area (Å²) in [7, 11) is -3.38. The van der Waals surface area contributed by atoms with Crippen LogP contribution in [0.25, 0.3) is 0 Å². The molecule has 2 rings (SSSR count). The van der Waals surface area contributed by atoms with E-state index in [0.717, 1.165) is 10.9 Å². The van der Waals surface area contributed by atoms with E-state index < -0.39 is 10.0 Å². The van der Waals surface area contributed by atoms with Crippen LogP contribution in [-0.4, -0.2) is 31.9 Å². The molecule has 2 N–H and O–H groups in total. The highest BCUT2D eigenvalue weighted by molar-refractivity contribution is 9.10. The van der Waals surface area contributed by atoms with Crippen molar-refractivity contribution in [1.82, 2.24) is 4.31 Å². The molecule has 1 aromatic rings. The third-order valence-electron chi connectivity index (χ3n) is 3.36. The lowest BCUT2D eigenvalue weighted by molar-refractivity contribution is 0.429. The van der Waals surface area contributed by atoms with Crippen LogP contribution in [-0.2, 0) is 10.0 Å². The smallest absolute Gasteiger partial charge is 0.243 e. The Bertz CT molecular complexity index is 531. The summed E-state index contributed by atoms with van der Waals surface area (Å²) in [4.78, 5) is 0.335. The molecule has 1 aliphatic heterocycles. The molecular weight excluding hydrogens is 316 g/mol. The van der Waals surface area contributed by atoms with Gasteiger partial charge < -0.3 is 5.73 Å². The first kappa shape index (κ1) is 14.0. The van der Waals surface area contributed by atoms with Gasteiger partial charge in [0.15, 0.2) is 0 Å². The Morgan fingerprint density at radius 2 is 2.22 bits per heavy atom. The second-order valence-electron chi connectivity index (χ2n) is 4.73. The highest BCUT2D eigenvalue weighted by atomic mass is 79.9. The van der Waals surface area contributed by atoms with Crippen molar-refractivity contribution >= 4 is 26.0 Å². The predicted molar refractivity (Wildman–Crippen MR) is 74.7 cm³/mol. The maximum atomic E-state index is 12.4. The van der Waals surface area contributed by atoms with Gasteiger partial charge in [0.1, 0.15) is 0 Å². The monoisotopic (exact) mass is 332 g/mol. The third-order valence-corrected chi connectivity index (χ3v) is 5.72. The topological polar surface area (TPSA) is 63.4 Å². The second-order valence-corrected chi connectivity index (χ2v) is 7.58. The van der Waals surface area contributed by atoms with Gasteiger partial charge in [0.2, 0.25) is 10.0 Å². The van der Waals surface area contributed by atoms with Crippen molar-refractivity contribution < 1.29 is 8.42 Å². The maximum absolute atomic E-state index is 12.4. The van der Waals surface area contributed by atoms with Crippen molar-refractivity contribution in [3.8, 4) is 0 Å². The standard InChI is InChI=1S/C12H17BrN2O2S/c1-9(14)10-5-6-15(8-10)18(16,17)12-4-2-3-11(13)7-12/h2-4,7,9-10H,5-6,8,14H2,1H3. The van der Waals surface area contributed by atoms with Gasteiger partial charge in [0, 0.05) is 23.6 Å². The first-order valence-corrected chi connectivity index (χ1v) is 8.16. The number of nitrogens with two attached hydrogens (primary N) is 1. The molecule has 1 aliphatic rings. The highest BCUT2D eigenvalue weighted by Crippen LogP contribution is 2.26. The molecular formula is C12H17BrN2O2S. The Balaban J connectivity index is 2.23. The fourth-order valence-electron chi connectivity index (χ4n) is 2.18. The molecule has 0 spiro atoms. The molecule has 0 amide bonds. The van der Waals surface area contributed by atoms with Crippen molar-refractivity contribution in [3.63, 3.8) is 0 Å². The molecule has 0 saturated carbocycles. The second kappa shape index (κ2) is 5.28. The molecule has 0 radical (unpaired) electrons. The molecule has 1 aromatic carbocycles. The molecule has 100 valence electrons. The van der Waals surface area contributed by atoms with Gasteiger partial charge in [-0.15, -0.1) is 0 Å². The van der Waals surface area contributed by atoms with Crippen LogP contribution < -0.4 is 5.73 Å². The number of hydrogen-bond acceptors (Lipinski definition) is 3. The SMILES string of the molecule is CC(N)C1CCN(S(=O)(=O)c2cccc(Br)c2)C1. The van der Waals surface area contributed by atoms with Gasteiger partial charge >= 0.3 is 0 Å². The molecule has 0 aliphatic carbocycles. The number of benzene rings is 1. The van der Waals surface area contributed by atoms with Crippen LogP contribution in [0.2, 0.25) is 0 Å². The average Bonchev–Trinajstić information content (AvgIpc) is 2.79. The molecule has 6 heteroatoms. The minimum absolute atomic E-state index is 0.0349. The van der Waals surface area contributed by atoms with Crippen molar-refractivity contribution in [2.24, 2.45) is 11.7 Å². The summed E-state index contributed by atoms with van der Waals surface area (Å²) in [6, 6.07) is 6.84. The van der Waals surface area contributed by atoms with E-state index >= 15 is 0 Å². The summed E-state index contributed by atoms with van der Waals surface area (Å²) in [6.45, 7) is 3.01. The number of sulfonamides is 1. The first-order chi connectivity index (χ1) is 8.41. The lowest BCUT2D eigenvalue weighted by Gasteiger charge is -2.18. The molecule has 1 saturated heterocycles. The van der Waals surface area contributed by atoms with Gasteiger partial charge in [-0.25, -0.2) is 8.42 Å². The lowest BCUT2D eigenvalue weighted by Crippen LogP contribution is -2.33. The van der Waals surface area contributed by atoms with E-state index in [-0.39, 0.29) is 12.0 Å². The molecule has 4 nitrogen and oxygen atoms in total. The zero-order valence-electron chi connectivity index (χ0n) is 10.2. The van der Waals surface area contributed by atoms with Crippen LogP contribution in [0.3, 0.4) is 0 Å². The van der Waals surface area contributed by atoms with Crippen LogP contribution in [0, 0.1) is 5.92 Å². The fourth-order valence-corrected chi connectivity index (χ4v) is 4.29. The van der Waals surface area contributed by atoms with E-state index in [1.165, 1.54) is 4.31 Å². The van der Waals surface area contributed by atoms with Crippen molar-refractivity contribution in [2.75, 3.05) is 13.1 Å². The number of hydrogen-bond donors (Lipinski definition) is 1. The molecule has 2 unspecified atom stereocenters. The van der Waals surface area contributed by atoms with Gasteiger partial charge in [-0.3, -0.25) is 0 Å². The van der Waals surface area contributed by atoms with Crippen LogP contribution in [0.15, 0.2) is 33.6 Å². The van der Waals surface area contributed by atoms with Gasteiger partial charge in [0.25, 0.3) is 0 Å². The summed E-state index contributed by atoms with van der Waals surface area (Å²) in [5, 5.41) is 0. The zero-order chi connectivity index (χ0) is 13.3. The highest BCUT2D eigenvalue weighted by Gasteiger charge is 2.33. The molecule has 2 atom stereocenters. The normalized spacial score (nSPS) is 23.2. The molecule has 18 heavy (non-hydrogen) atoms. The van der Waals surface area contributed by atoms with E-state index in [0.29, 0.717) is 18.0 Å². The van der Waals surface area contributed by atoms with Crippen LogP contribution in [0.4, 0.5) is 0 Å². The van der Waals surface area contributed by atoms with Gasteiger partial charge in [-0.1, -0.05) is 22.0 Å². The zero-order valence-corrected chi connectivity index (χ0v) is 12.6. The van der Waals surface area contributed by atoms with E-state index in [1.807, 2.05) is 13.0 Å². The molecule has 1 heterocycles. The van der Waals surface area contributed by atoms with Gasteiger partial charge in [-0.2, -0.15) is 4.31 Å². The predicted octanol–water partition coefficient (Wildman–Crippen LogP) is 1.81. The lowest BCUT2D eigenvalue weighted by atomic mass is 10.0. The van der Waals surface area contributed by atoms with Gasteiger partial charge in [0.05, 0.1) is 4.90 Å².